The lowest BCUT2D eigenvalue weighted by atomic mass is 10.1. The van der Waals surface area contributed by atoms with Crippen LogP contribution in [0, 0.1) is 0 Å². The summed E-state index contributed by atoms with van der Waals surface area (Å²) in [6.45, 7) is 4.52. The van der Waals surface area contributed by atoms with Crippen molar-refractivity contribution < 1.29 is 0 Å². The summed E-state index contributed by atoms with van der Waals surface area (Å²) >= 11 is 3.75. The Hall–Kier alpha value is -2.42. The van der Waals surface area contributed by atoms with Crippen molar-refractivity contribution >= 4 is 56.4 Å². The molecule has 0 fully saturated rings. The second-order valence-corrected chi connectivity index (χ2v) is 11.3. The van der Waals surface area contributed by atoms with Gasteiger partial charge in [-0.15, -0.1) is 22.7 Å². The molecule has 0 radical (unpaired) electrons. The van der Waals surface area contributed by atoms with Gasteiger partial charge in [0.15, 0.2) is 0 Å². The van der Waals surface area contributed by atoms with Crippen LogP contribution in [0.15, 0.2) is 60.7 Å². The van der Waals surface area contributed by atoms with Crippen LogP contribution < -0.4 is 0 Å². The molecule has 176 valence electrons. The number of rotatable bonds is 12. The predicted molar refractivity (Wildman–Crippen MR) is 157 cm³/mol. The van der Waals surface area contributed by atoms with Crippen molar-refractivity contribution in [1.29, 1.82) is 0 Å². The molecule has 0 nitrogen and oxygen atoms in total. The van der Waals surface area contributed by atoms with Gasteiger partial charge in [0, 0.05) is 19.2 Å². The number of thiophene rings is 2. The van der Waals surface area contributed by atoms with E-state index < -0.39 is 0 Å². The van der Waals surface area contributed by atoms with E-state index in [1.807, 2.05) is 22.7 Å². The highest BCUT2D eigenvalue weighted by atomic mass is 32.1. The van der Waals surface area contributed by atoms with Gasteiger partial charge >= 0.3 is 0 Å². The zero-order valence-electron chi connectivity index (χ0n) is 20.6. The molecular weight excluding hydrogens is 448 g/mol. The van der Waals surface area contributed by atoms with Crippen LogP contribution in [0.5, 0.6) is 0 Å². The molecule has 2 heteroatoms. The number of fused-ring (bicyclic) bond motifs is 1. The molecule has 0 aliphatic heterocycles. The SMILES string of the molecule is CCCCCc1ccc(C=Cc2cc3sc(C=Cc4ccc(CCCCC)cc4)cc3s2)cc1. The molecule has 4 aromatic rings. The number of unbranched alkanes of at least 4 members (excludes halogenated alkanes) is 4. The van der Waals surface area contributed by atoms with E-state index in [4.69, 9.17) is 0 Å². The Bertz CT molecular complexity index is 1080. The fraction of sp³-hybridized carbons (Fsp3) is 0.312. The van der Waals surface area contributed by atoms with Crippen LogP contribution >= 0.6 is 22.7 Å². The maximum absolute atomic E-state index is 2.32. The molecule has 0 N–H and O–H groups in total. The molecule has 34 heavy (non-hydrogen) atoms. The molecule has 0 spiro atoms. The zero-order chi connectivity index (χ0) is 23.6. The largest absolute Gasteiger partial charge is 0.135 e. The maximum Gasteiger partial charge on any atom is 0.0463 e. The summed E-state index contributed by atoms with van der Waals surface area (Å²) in [6, 6.07) is 22.7. The van der Waals surface area contributed by atoms with Crippen LogP contribution in [-0.4, -0.2) is 0 Å². The zero-order valence-corrected chi connectivity index (χ0v) is 22.2. The Morgan fingerprint density at radius 2 is 0.941 bits per heavy atom. The molecule has 0 saturated carbocycles. The van der Waals surface area contributed by atoms with E-state index in [1.165, 1.54) is 92.8 Å². The fourth-order valence-electron chi connectivity index (χ4n) is 4.14. The lowest BCUT2D eigenvalue weighted by Crippen LogP contribution is -1.85. The molecule has 0 unspecified atom stereocenters. The van der Waals surface area contributed by atoms with Crippen molar-refractivity contribution in [2.45, 2.75) is 65.2 Å². The highest BCUT2D eigenvalue weighted by molar-refractivity contribution is 7.28. The highest BCUT2D eigenvalue weighted by Gasteiger charge is 2.04. The Morgan fingerprint density at radius 3 is 1.32 bits per heavy atom. The molecule has 0 aliphatic carbocycles. The van der Waals surface area contributed by atoms with Crippen molar-refractivity contribution in [1.82, 2.24) is 0 Å². The van der Waals surface area contributed by atoms with Gasteiger partial charge < -0.3 is 0 Å². The molecular formula is C32H36S2. The van der Waals surface area contributed by atoms with Crippen molar-refractivity contribution in [3.8, 4) is 0 Å². The van der Waals surface area contributed by atoms with Crippen molar-refractivity contribution in [2.24, 2.45) is 0 Å². The first-order valence-corrected chi connectivity index (χ1v) is 14.4. The van der Waals surface area contributed by atoms with Gasteiger partial charge in [0.1, 0.15) is 0 Å². The minimum atomic E-state index is 1.19. The maximum atomic E-state index is 2.32. The smallest absolute Gasteiger partial charge is 0.0463 e. The number of aryl methyl sites for hydroxylation is 2. The van der Waals surface area contributed by atoms with Crippen LogP contribution in [0.1, 0.15) is 84.4 Å². The van der Waals surface area contributed by atoms with E-state index in [1.54, 1.807) is 0 Å². The number of benzene rings is 2. The molecule has 0 aliphatic rings. The summed E-state index contributed by atoms with van der Waals surface area (Å²) in [5.74, 6) is 0. The lowest BCUT2D eigenvalue weighted by molar-refractivity contribution is 0.717. The van der Waals surface area contributed by atoms with Gasteiger partial charge in [-0.25, -0.2) is 0 Å². The summed E-state index contributed by atoms with van der Waals surface area (Å²) < 4.78 is 2.75. The van der Waals surface area contributed by atoms with Crippen molar-refractivity contribution in [2.75, 3.05) is 0 Å². The average Bonchev–Trinajstić information content (AvgIpc) is 3.42. The average molecular weight is 485 g/mol. The standard InChI is InChI=1S/C32H36S2/c1-3-5-7-9-25-11-15-27(16-12-25)19-21-29-23-31-32(33-29)24-30(34-31)22-20-28-17-13-26(14-18-28)10-8-6-4-2/h11-24H,3-10H2,1-2H3. The highest BCUT2D eigenvalue weighted by Crippen LogP contribution is 2.35. The summed E-state index contributed by atoms with van der Waals surface area (Å²) in [5, 5.41) is 0. The van der Waals surface area contributed by atoms with Gasteiger partial charge in [-0.2, -0.15) is 0 Å². The first kappa shape index (κ1) is 24.7. The van der Waals surface area contributed by atoms with Crippen LogP contribution in [0.3, 0.4) is 0 Å². The monoisotopic (exact) mass is 484 g/mol. The summed E-state index contributed by atoms with van der Waals surface area (Å²) in [5.41, 5.74) is 5.45. The van der Waals surface area contributed by atoms with Gasteiger partial charge in [-0.05, 0) is 72.2 Å². The van der Waals surface area contributed by atoms with Gasteiger partial charge in [0.05, 0.1) is 0 Å². The molecule has 0 bridgehead atoms. The van der Waals surface area contributed by atoms with Crippen LogP contribution in [-0.2, 0) is 12.8 Å². The molecule has 2 aromatic heterocycles. The molecule has 0 amide bonds. The third kappa shape index (κ3) is 7.29. The first-order valence-electron chi connectivity index (χ1n) is 12.8. The Balaban J connectivity index is 1.33. The van der Waals surface area contributed by atoms with E-state index >= 15 is 0 Å². The fourth-order valence-corrected chi connectivity index (χ4v) is 6.37. The van der Waals surface area contributed by atoms with Crippen LogP contribution in [0.25, 0.3) is 33.7 Å². The summed E-state index contributed by atoms with van der Waals surface area (Å²) in [4.78, 5) is 2.64. The van der Waals surface area contributed by atoms with E-state index in [0.717, 1.165) is 0 Å². The van der Waals surface area contributed by atoms with Gasteiger partial charge in [0.25, 0.3) is 0 Å². The third-order valence-corrected chi connectivity index (χ3v) is 8.45. The van der Waals surface area contributed by atoms with Crippen LogP contribution in [0.4, 0.5) is 0 Å². The Kier molecular flexibility index (Phi) is 9.35. The molecule has 0 saturated heterocycles. The number of hydrogen-bond donors (Lipinski definition) is 0. The number of hydrogen-bond acceptors (Lipinski definition) is 2. The third-order valence-electron chi connectivity index (χ3n) is 6.22. The lowest BCUT2D eigenvalue weighted by Gasteiger charge is -2.01. The minimum Gasteiger partial charge on any atom is -0.135 e. The quantitative estimate of drug-likeness (QED) is 0.175. The molecule has 2 aromatic carbocycles. The van der Waals surface area contributed by atoms with Crippen molar-refractivity contribution in [3.05, 3.63) is 92.7 Å². The Morgan fingerprint density at radius 1 is 0.529 bits per heavy atom. The summed E-state index contributed by atoms with van der Waals surface area (Å²) in [7, 11) is 0. The van der Waals surface area contributed by atoms with Gasteiger partial charge in [0.2, 0.25) is 0 Å². The predicted octanol–water partition coefficient (Wildman–Crippen LogP) is 10.8. The molecule has 2 heterocycles. The van der Waals surface area contributed by atoms with Gasteiger partial charge in [-0.3, -0.25) is 0 Å². The normalized spacial score (nSPS) is 11.9. The topological polar surface area (TPSA) is 0 Å². The van der Waals surface area contributed by atoms with Crippen molar-refractivity contribution in [3.63, 3.8) is 0 Å². The van der Waals surface area contributed by atoms with E-state index in [2.05, 4.69) is 98.8 Å². The van der Waals surface area contributed by atoms with E-state index in [-0.39, 0.29) is 0 Å². The summed E-state index contributed by atoms with van der Waals surface area (Å²) in [6.07, 6.45) is 19.1. The van der Waals surface area contributed by atoms with Crippen LogP contribution in [0.2, 0.25) is 0 Å². The minimum absolute atomic E-state index is 1.19. The second kappa shape index (κ2) is 12.9. The Labute approximate surface area is 213 Å². The second-order valence-electron chi connectivity index (χ2n) is 9.09. The molecule has 4 rings (SSSR count). The van der Waals surface area contributed by atoms with Gasteiger partial charge in [-0.1, -0.05) is 100 Å². The molecule has 0 atom stereocenters. The first-order chi connectivity index (χ1) is 16.7. The van der Waals surface area contributed by atoms with E-state index in [0.29, 0.717) is 0 Å². The van der Waals surface area contributed by atoms with E-state index in [9.17, 15) is 0 Å².